The van der Waals surface area contributed by atoms with E-state index in [0.717, 1.165) is 24.1 Å². The van der Waals surface area contributed by atoms with Crippen molar-refractivity contribution in [2.24, 2.45) is 5.92 Å². The Labute approximate surface area is 155 Å². The van der Waals surface area contributed by atoms with Gasteiger partial charge in [0.05, 0.1) is 29.5 Å². The van der Waals surface area contributed by atoms with Crippen molar-refractivity contribution >= 4 is 16.9 Å². The summed E-state index contributed by atoms with van der Waals surface area (Å²) in [5.41, 5.74) is 2.78. The minimum Gasteiger partial charge on any atom is -0.336 e. The highest BCUT2D eigenvalue weighted by Crippen LogP contribution is 2.38. The molecule has 3 heterocycles. The molecule has 2 aliphatic rings. The highest BCUT2D eigenvalue weighted by atomic mass is 16.2. The number of nitrogens with zero attached hydrogens (tertiary/aromatic N) is 5. The van der Waals surface area contributed by atoms with Crippen LogP contribution < -0.4 is 5.56 Å². The van der Waals surface area contributed by atoms with Gasteiger partial charge < -0.3 is 4.90 Å². The van der Waals surface area contributed by atoms with E-state index in [0.29, 0.717) is 36.8 Å². The average Bonchev–Trinajstić information content (AvgIpc) is 3.50. The summed E-state index contributed by atoms with van der Waals surface area (Å²) in [6.07, 6.45) is 3.84. The molecular formula is C20H19N5O2. The van der Waals surface area contributed by atoms with E-state index in [2.05, 4.69) is 15.1 Å². The van der Waals surface area contributed by atoms with E-state index in [1.165, 1.54) is 6.20 Å². The van der Waals surface area contributed by atoms with Crippen LogP contribution in [0.3, 0.4) is 0 Å². The second-order valence-electron chi connectivity index (χ2n) is 7.37. The molecule has 1 saturated heterocycles. The van der Waals surface area contributed by atoms with Gasteiger partial charge in [-0.25, -0.2) is 9.67 Å². The van der Waals surface area contributed by atoms with Gasteiger partial charge in [-0.15, -0.1) is 0 Å². The van der Waals surface area contributed by atoms with E-state index < -0.39 is 0 Å². The summed E-state index contributed by atoms with van der Waals surface area (Å²) in [4.78, 5) is 35.2. The van der Waals surface area contributed by atoms with E-state index in [1.54, 1.807) is 15.6 Å². The third kappa shape index (κ3) is 3.09. The fraction of sp³-hybridized carbons (Fsp3) is 0.350. The van der Waals surface area contributed by atoms with Gasteiger partial charge >= 0.3 is 0 Å². The van der Waals surface area contributed by atoms with Crippen LogP contribution in [0.15, 0.2) is 47.4 Å². The quantitative estimate of drug-likeness (QED) is 0.708. The van der Waals surface area contributed by atoms with Gasteiger partial charge in [0.25, 0.3) is 11.5 Å². The van der Waals surface area contributed by atoms with Crippen molar-refractivity contribution in [3.63, 3.8) is 0 Å². The lowest BCUT2D eigenvalue weighted by atomic mass is 9.99. The monoisotopic (exact) mass is 361 g/mol. The number of para-hydroxylation sites is 2. The predicted octanol–water partition coefficient (Wildman–Crippen LogP) is 1.84. The van der Waals surface area contributed by atoms with Crippen molar-refractivity contribution in [1.29, 1.82) is 0 Å². The molecule has 3 aromatic rings. The fourth-order valence-corrected chi connectivity index (χ4v) is 3.51. The number of rotatable bonds is 4. The first kappa shape index (κ1) is 16.1. The normalized spacial score (nSPS) is 17.1. The van der Waals surface area contributed by atoms with Gasteiger partial charge in [-0.1, -0.05) is 12.1 Å². The molecule has 0 atom stereocenters. The Morgan fingerprint density at radius 1 is 1.07 bits per heavy atom. The molecule has 2 aromatic heterocycles. The van der Waals surface area contributed by atoms with E-state index >= 15 is 0 Å². The molecule has 1 aliphatic heterocycles. The van der Waals surface area contributed by atoms with Crippen LogP contribution in [0.25, 0.3) is 11.0 Å². The third-order valence-corrected chi connectivity index (χ3v) is 5.23. The summed E-state index contributed by atoms with van der Waals surface area (Å²) in [5.74, 6) is 0.640. The first-order valence-corrected chi connectivity index (χ1v) is 9.26. The smallest absolute Gasteiger partial charge is 0.274 e. The largest absolute Gasteiger partial charge is 0.336 e. The number of hydrogen-bond acceptors (Lipinski definition) is 5. The van der Waals surface area contributed by atoms with Gasteiger partial charge in [0, 0.05) is 31.0 Å². The predicted molar refractivity (Wildman–Crippen MR) is 99.4 cm³/mol. The summed E-state index contributed by atoms with van der Waals surface area (Å²) >= 11 is 0. The molecule has 7 heteroatoms. The standard InChI is InChI=1S/C20H19N5O2/c26-19-8-7-15(14-5-6-14)23-25(19)12-13-10-24(11-13)20(27)18-9-21-16-3-1-2-4-17(16)22-18/h1-4,7-9,13-14H,5-6,10-12H2. The van der Waals surface area contributed by atoms with E-state index in [1.807, 2.05) is 30.3 Å². The van der Waals surface area contributed by atoms with Crippen LogP contribution in [-0.2, 0) is 6.54 Å². The highest BCUT2D eigenvalue weighted by molar-refractivity contribution is 5.94. The van der Waals surface area contributed by atoms with Crippen LogP contribution in [0.2, 0.25) is 0 Å². The van der Waals surface area contributed by atoms with E-state index in [-0.39, 0.29) is 17.4 Å². The zero-order chi connectivity index (χ0) is 18.4. The molecule has 7 nitrogen and oxygen atoms in total. The van der Waals surface area contributed by atoms with Crippen LogP contribution in [0.4, 0.5) is 0 Å². The van der Waals surface area contributed by atoms with E-state index in [4.69, 9.17) is 0 Å². The molecule has 2 fully saturated rings. The number of benzene rings is 1. The number of carbonyl (C=O) groups excluding carboxylic acids is 1. The number of carbonyl (C=O) groups is 1. The van der Waals surface area contributed by atoms with Gasteiger partial charge in [0.2, 0.25) is 0 Å². The third-order valence-electron chi connectivity index (χ3n) is 5.23. The molecule has 1 amide bonds. The van der Waals surface area contributed by atoms with Crippen molar-refractivity contribution in [2.45, 2.75) is 25.3 Å². The second-order valence-corrected chi connectivity index (χ2v) is 7.37. The summed E-state index contributed by atoms with van der Waals surface area (Å²) in [6.45, 7) is 1.76. The summed E-state index contributed by atoms with van der Waals surface area (Å²) in [7, 11) is 0. The number of amides is 1. The van der Waals surface area contributed by atoms with Gasteiger partial charge in [-0.2, -0.15) is 5.10 Å². The maximum Gasteiger partial charge on any atom is 0.274 e. The lowest BCUT2D eigenvalue weighted by Crippen LogP contribution is -2.52. The van der Waals surface area contributed by atoms with Crippen molar-refractivity contribution in [3.8, 4) is 0 Å². The number of likely N-dealkylation sites (tertiary alicyclic amines) is 1. The minimum atomic E-state index is -0.114. The summed E-state index contributed by atoms with van der Waals surface area (Å²) in [6, 6.07) is 10.9. The minimum absolute atomic E-state index is 0.0791. The van der Waals surface area contributed by atoms with Crippen molar-refractivity contribution in [3.05, 3.63) is 64.3 Å². The Bertz CT molecular complexity index is 1080. The number of hydrogen-bond donors (Lipinski definition) is 0. The first-order chi connectivity index (χ1) is 13.2. The Balaban J connectivity index is 1.25. The van der Waals surface area contributed by atoms with Crippen molar-refractivity contribution < 1.29 is 4.79 Å². The zero-order valence-corrected chi connectivity index (χ0v) is 14.8. The zero-order valence-electron chi connectivity index (χ0n) is 14.8. The molecule has 0 N–H and O–H groups in total. The molecule has 1 saturated carbocycles. The van der Waals surface area contributed by atoms with Crippen molar-refractivity contribution in [2.75, 3.05) is 13.1 Å². The molecule has 27 heavy (non-hydrogen) atoms. The van der Waals surface area contributed by atoms with Crippen LogP contribution in [0, 0.1) is 5.92 Å². The lowest BCUT2D eigenvalue weighted by molar-refractivity contribution is 0.0452. The molecule has 0 unspecified atom stereocenters. The van der Waals surface area contributed by atoms with Crippen LogP contribution in [0.5, 0.6) is 0 Å². The number of fused-ring (bicyclic) bond motifs is 1. The van der Waals surface area contributed by atoms with Crippen LogP contribution in [0.1, 0.15) is 34.9 Å². The molecule has 1 aliphatic carbocycles. The molecule has 0 radical (unpaired) electrons. The molecule has 0 spiro atoms. The molecular weight excluding hydrogens is 342 g/mol. The Morgan fingerprint density at radius 3 is 2.63 bits per heavy atom. The van der Waals surface area contributed by atoms with E-state index in [9.17, 15) is 9.59 Å². The molecule has 136 valence electrons. The summed E-state index contributed by atoms with van der Waals surface area (Å²) < 4.78 is 1.55. The highest BCUT2D eigenvalue weighted by Gasteiger charge is 2.33. The SMILES string of the molecule is O=C(c1cnc2ccccc2n1)N1CC(Cn2nc(C3CC3)ccc2=O)C1. The molecule has 1 aromatic carbocycles. The van der Waals surface area contributed by atoms with Gasteiger partial charge in [0.15, 0.2) is 0 Å². The Kier molecular flexibility index (Phi) is 3.74. The van der Waals surface area contributed by atoms with Gasteiger partial charge in [-0.05, 0) is 31.0 Å². The summed E-state index contributed by atoms with van der Waals surface area (Å²) in [5, 5.41) is 4.50. The topological polar surface area (TPSA) is 81.0 Å². The van der Waals surface area contributed by atoms with Crippen LogP contribution in [-0.4, -0.2) is 43.6 Å². The fourth-order valence-electron chi connectivity index (χ4n) is 3.51. The maximum atomic E-state index is 12.6. The second kappa shape index (κ2) is 6.26. The number of aromatic nitrogens is 4. The Morgan fingerprint density at radius 2 is 1.85 bits per heavy atom. The molecule has 5 rings (SSSR count). The van der Waals surface area contributed by atoms with Gasteiger partial charge in [0.1, 0.15) is 5.69 Å². The first-order valence-electron chi connectivity index (χ1n) is 9.26. The van der Waals surface area contributed by atoms with Crippen LogP contribution >= 0.6 is 0 Å². The van der Waals surface area contributed by atoms with Crippen molar-refractivity contribution in [1.82, 2.24) is 24.6 Å². The maximum absolute atomic E-state index is 12.6. The molecule has 0 bridgehead atoms. The Hall–Kier alpha value is -3.09. The average molecular weight is 361 g/mol. The lowest BCUT2D eigenvalue weighted by Gasteiger charge is -2.39. The van der Waals surface area contributed by atoms with Gasteiger partial charge in [-0.3, -0.25) is 14.6 Å².